The summed E-state index contributed by atoms with van der Waals surface area (Å²) in [7, 11) is 0. The highest BCUT2D eigenvalue weighted by molar-refractivity contribution is 5.03. The molecular formula is C12H20N2. The number of hydrogen-bond acceptors (Lipinski definition) is 2. The first-order valence-corrected chi connectivity index (χ1v) is 5.50. The topological polar surface area (TPSA) is 24.9 Å². The van der Waals surface area contributed by atoms with Crippen LogP contribution in [0.4, 0.5) is 0 Å². The first-order valence-electron chi connectivity index (χ1n) is 5.50. The third-order valence-electron chi connectivity index (χ3n) is 2.46. The zero-order valence-electron chi connectivity index (χ0n) is 9.16. The van der Waals surface area contributed by atoms with Crippen LogP contribution >= 0.6 is 0 Å². The Morgan fingerprint density at radius 1 is 1.36 bits per heavy atom. The third-order valence-corrected chi connectivity index (χ3v) is 2.46. The van der Waals surface area contributed by atoms with Crippen LogP contribution < -0.4 is 5.32 Å². The molecule has 0 aliphatic rings. The molecule has 1 rings (SSSR count). The van der Waals surface area contributed by atoms with Crippen molar-refractivity contribution in [2.45, 2.75) is 39.2 Å². The minimum Gasteiger partial charge on any atom is -0.314 e. The molecule has 78 valence electrons. The molecule has 0 amide bonds. The van der Waals surface area contributed by atoms with Crippen molar-refractivity contribution in [1.82, 2.24) is 10.3 Å². The Balaban J connectivity index is 2.32. The standard InChI is InChI=1S/C12H20N2/c1-3-11(13-4-2)8-9-12-7-5-6-10-14-12/h5-7,10-11,13H,3-4,8-9H2,1-2H3. The average Bonchev–Trinajstić information content (AvgIpc) is 2.25. The minimum atomic E-state index is 0.641. The van der Waals surface area contributed by atoms with Crippen LogP contribution in [-0.4, -0.2) is 17.6 Å². The van der Waals surface area contributed by atoms with Crippen molar-refractivity contribution in [3.63, 3.8) is 0 Å². The smallest absolute Gasteiger partial charge is 0.0404 e. The van der Waals surface area contributed by atoms with Crippen LogP contribution in [0.2, 0.25) is 0 Å². The van der Waals surface area contributed by atoms with Crippen LogP contribution in [-0.2, 0) is 6.42 Å². The minimum absolute atomic E-state index is 0.641. The highest BCUT2D eigenvalue weighted by Gasteiger charge is 2.04. The van der Waals surface area contributed by atoms with E-state index in [0.29, 0.717) is 6.04 Å². The maximum absolute atomic E-state index is 4.32. The van der Waals surface area contributed by atoms with E-state index in [4.69, 9.17) is 0 Å². The Kier molecular flexibility index (Phi) is 5.23. The van der Waals surface area contributed by atoms with Gasteiger partial charge in [-0.25, -0.2) is 0 Å². The van der Waals surface area contributed by atoms with Crippen molar-refractivity contribution in [1.29, 1.82) is 0 Å². The monoisotopic (exact) mass is 192 g/mol. The van der Waals surface area contributed by atoms with Gasteiger partial charge in [0.1, 0.15) is 0 Å². The highest BCUT2D eigenvalue weighted by atomic mass is 14.9. The van der Waals surface area contributed by atoms with Gasteiger partial charge in [0.05, 0.1) is 0 Å². The van der Waals surface area contributed by atoms with Crippen LogP contribution in [0.15, 0.2) is 24.4 Å². The summed E-state index contributed by atoms with van der Waals surface area (Å²) in [6.07, 6.45) is 5.32. The number of pyridine rings is 1. The third kappa shape index (κ3) is 3.88. The van der Waals surface area contributed by atoms with Gasteiger partial charge < -0.3 is 5.32 Å². The molecule has 0 aromatic carbocycles. The van der Waals surface area contributed by atoms with Crippen molar-refractivity contribution >= 4 is 0 Å². The van der Waals surface area contributed by atoms with Gasteiger partial charge in [-0.2, -0.15) is 0 Å². The Morgan fingerprint density at radius 3 is 2.79 bits per heavy atom. The molecule has 0 radical (unpaired) electrons. The number of nitrogens with one attached hydrogen (secondary N) is 1. The summed E-state index contributed by atoms with van der Waals surface area (Å²) in [4.78, 5) is 4.32. The molecule has 1 heterocycles. The molecule has 0 bridgehead atoms. The summed E-state index contributed by atoms with van der Waals surface area (Å²) in [5, 5.41) is 3.47. The maximum Gasteiger partial charge on any atom is 0.0404 e. The molecule has 0 saturated heterocycles. The molecule has 14 heavy (non-hydrogen) atoms. The van der Waals surface area contributed by atoms with Crippen LogP contribution in [0.3, 0.4) is 0 Å². The molecule has 1 atom stereocenters. The summed E-state index contributed by atoms with van der Waals surface area (Å²) >= 11 is 0. The summed E-state index contributed by atoms with van der Waals surface area (Å²) in [6, 6.07) is 6.75. The lowest BCUT2D eigenvalue weighted by atomic mass is 10.1. The lowest BCUT2D eigenvalue weighted by Crippen LogP contribution is -2.28. The van der Waals surface area contributed by atoms with Gasteiger partial charge in [0, 0.05) is 17.9 Å². The predicted octanol–water partition coefficient (Wildman–Crippen LogP) is 2.40. The van der Waals surface area contributed by atoms with E-state index in [1.54, 1.807) is 0 Å². The second-order valence-corrected chi connectivity index (χ2v) is 3.52. The number of nitrogens with zero attached hydrogens (tertiary/aromatic N) is 1. The molecule has 1 N–H and O–H groups in total. The van der Waals surface area contributed by atoms with E-state index in [1.807, 2.05) is 12.3 Å². The molecule has 0 aliphatic heterocycles. The molecule has 0 spiro atoms. The average molecular weight is 192 g/mol. The number of aryl methyl sites for hydroxylation is 1. The normalized spacial score (nSPS) is 12.7. The van der Waals surface area contributed by atoms with Gasteiger partial charge in [-0.05, 0) is 37.9 Å². The van der Waals surface area contributed by atoms with Crippen LogP contribution in [0.1, 0.15) is 32.4 Å². The zero-order valence-corrected chi connectivity index (χ0v) is 9.16. The second-order valence-electron chi connectivity index (χ2n) is 3.52. The van der Waals surface area contributed by atoms with Gasteiger partial charge in [-0.3, -0.25) is 4.98 Å². The molecule has 1 unspecified atom stereocenters. The molecule has 2 nitrogen and oxygen atoms in total. The van der Waals surface area contributed by atoms with Crippen molar-refractivity contribution in [2.75, 3.05) is 6.54 Å². The fourth-order valence-corrected chi connectivity index (χ4v) is 1.61. The number of rotatable bonds is 6. The van der Waals surface area contributed by atoms with Crippen LogP contribution in [0.5, 0.6) is 0 Å². The van der Waals surface area contributed by atoms with Crippen molar-refractivity contribution in [2.24, 2.45) is 0 Å². The first kappa shape index (κ1) is 11.2. The molecule has 0 aliphatic carbocycles. The zero-order chi connectivity index (χ0) is 10.2. The maximum atomic E-state index is 4.32. The Labute approximate surface area is 86.8 Å². The fourth-order valence-electron chi connectivity index (χ4n) is 1.61. The van der Waals surface area contributed by atoms with E-state index < -0.39 is 0 Å². The second kappa shape index (κ2) is 6.55. The Hall–Kier alpha value is -0.890. The lowest BCUT2D eigenvalue weighted by molar-refractivity contribution is 0.479. The predicted molar refractivity (Wildman–Crippen MR) is 60.3 cm³/mol. The Bertz CT molecular complexity index is 233. The SMILES string of the molecule is CCNC(CC)CCc1ccccn1. The molecular weight excluding hydrogens is 172 g/mol. The van der Waals surface area contributed by atoms with Gasteiger partial charge >= 0.3 is 0 Å². The van der Waals surface area contributed by atoms with Crippen molar-refractivity contribution < 1.29 is 0 Å². The fraction of sp³-hybridized carbons (Fsp3) is 0.583. The number of aromatic nitrogens is 1. The van der Waals surface area contributed by atoms with E-state index in [1.165, 1.54) is 18.5 Å². The summed E-state index contributed by atoms with van der Waals surface area (Å²) in [5.41, 5.74) is 1.20. The largest absolute Gasteiger partial charge is 0.314 e. The van der Waals surface area contributed by atoms with Crippen LogP contribution in [0, 0.1) is 0 Å². The van der Waals surface area contributed by atoms with Gasteiger partial charge in [-0.1, -0.05) is 19.9 Å². The molecule has 1 aromatic heterocycles. The van der Waals surface area contributed by atoms with E-state index >= 15 is 0 Å². The molecule has 1 aromatic rings. The van der Waals surface area contributed by atoms with E-state index in [9.17, 15) is 0 Å². The summed E-state index contributed by atoms with van der Waals surface area (Å²) < 4.78 is 0. The van der Waals surface area contributed by atoms with E-state index in [-0.39, 0.29) is 0 Å². The lowest BCUT2D eigenvalue weighted by Gasteiger charge is -2.14. The Morgan fingerprint density at radius 2 is 2.21 bits per heavy atom. The van der Waals surface area contributed by atoms with E-state index in [0.717, 1.165) is 13.0 Å². The first-order chi connectivity index (χ1) is 6.86. The molecule has 2 heteroatoms. The summed E-state index contributed by atoms with van der Waals surface area (Å²) in [6.45, 7) is 5.44. The van der Waals surface area contributed by atoms with Gasteiger partial charge in [0.25, 0.3) is 0 Å². The van der Waals surface area contributed by atoms with Gasteiger partial charge in [0.2, 0.25) is 0 Å². The molecule has 0 saturated carbocycles. The number of hydrogen-bond donors (Lipinski definition) is 1. The van der Waals surface area contributed by atoms with Crippen molar-refractivity contribution in [3.8, 4) is 0 Å². The summed E-state index contributed by atoms with van der Waals surface area (Å²) in [5.74, 6) is 0. The van der Waals surface area contributed by atoms with Crippen LogP contribution in [0.25, 0.3) is 0 Å². The quantitative estimate of drug-likeness (QED) is 0.748. The van der Waals surface area contributed by atoms with Gasteiger partial charge in [-0.15, -0.1) is 0 Å². The van der Waals surface area contributed by atoms with E-state index in [2.05, 4.69) is 36.3 Å². The highest BCUT2D eigenvalue weighted by Crippen LogP contribution is 2.04. The van der Waals surface area contributed by atoms with Crippen molar-refractivity contribution in [3.05, 3.63) is 30.1 Å². The van der Waals surface area contributed by atoms with Gasteiger partial charge in [0.15, 0.2) is 0 Å². The molecule has 0 fully saturated rings.